The molecule has 3 rings (SSSR count). The first-order valence-corrected chi connectivity index (χ1v) is 11.7. The highest BCUT2D eigenvalue weighted by atomic mass is 32.2. The van der Waals surface area contributed by atoms with Crippen LogP contribution in [0.2, 0.25) is 0 Å². The number of rotatable bonds is 10. The Balaban J connectivity index is 1.47. The Morgan fingerprint density at radius 1 is 0.903 bits per heavy atom. The van der Waals surface area contributed by atoms with Gasteiger partial charge >= 0.3 is 0 Å². The number of benzene rings is 3. The molecule has 0 saturated heterocycles. The molecule has 0 aliphatic rings. The van der Waals surface area contributed by atoms with E-state index in [0.717, 1.165) is 11.1 Å². The lowest BCUT2D eigenvalue weighted by molar-refractivity contribution is -0.113. The van der Waals surface area contributed by atoms with Gasteiger partial charge in [0.1, 0.15) is 23.9 Å². The molecule has 0 fully saturated rings. The van der Waals surface area contributed by atoms with Crippen LogP contribution >= 0.6 is 0 Å². The predicted molar refractivity (Wildman–Crippen MR) is 119 cm³/mol. The zero-order valence-corrected chi connectivity index (χ0v) is 17.8. The highest BCUT2D eigenvalue weighted by Gasteiger charge is 2.17. The lowest BCUT2D eigenvalue weighted by Gasteiger charge is -2.10. The monoisotopic (exact) mass is 441 g/mol. The van der Waals surface area contributed by atoms with Gasteiger partial charge in [0.25, 0.3) is 0 Å². The van der Waals surface area contributed by atoms with Crippen molar-refractivity contribution in [1.82, 2.24) is 0 Å². The molecule has 1 N–H and O–H groups in total. The Labute approximate surface area is 181 Å². The van der Waals surface area contributed by atoms with Crippen LogP contribution in [-0.2, 0) is 27.7 Å². The summed E-state index contributed by atoms with van der Waals surface area (Å²) in [5.41, 5.74) is 2.32. The molecule has 0 saturated carbocycles. The van der Waals surface area contributed by atoms with Gasteiger partial charge in [-0.25, -0.2) is 12.8 Å². The van der Waals surface area contributed by atoms with Gasteiger partial charge in [-0.05, 0) is 48.2 Å². The number of hydrogen-bond donors (Lipinski definition) is 1. The Kier molecular flexibility index (Phi) is 7.78. The van der Waals surface area contributed by atoms with Gasteiger partial charge in [-0.3, -0.25) is 4.79 Å². The highest BCUT2D eigenvalue weighted by molar-refractivity contribution is 7.92. The molecule has 0 heterocycles. The summed E-state index contributed by atoms with van der Waals surface area (Å²) in [5.74, 6) is -1.01. The summed E-state index contributed by atoms with van der Waals surface area (Å²) in [5, 5.41) is 2.60. The number of aryl methyl sites for hydroxylation is 1. The van der Waals surface area contributed by atoms with Gasteiger partial charge in [-0.15, -0.1) is 0 Å². The molecule has 31 heavy (non-hydrogen) atoms. The van der Waals surface area contributed by atoms with Crippen LogP contribution in [0.1, 0.15) is 17.5 Å². The van der Waals surface area contributed by atoms with Crippen LogP contribution in [0.3, 0.4) is 0 Å². The Morgan fingerprint density at radius 3 is 2.39 bits per heavy atom. The van der Waals surface area contributed by atoms with Crippen molar-refractivity contribution in [3.63, 3.8) is 0 Å². The van der Waals surface area contributed by atoms with Crippen LogP contribution in [-0.4, -0.2) is 25.8 Å². The van der Waals surface area contributed by atoms with Crippen molar-refractivity contribution in [2.45, 2.75) is 19.4 Å². The zero-order chi connectivity index (χ0) is 22.1. The average molecular weight is 442 g/mol. The molecule has 0 radical (unpaired) electrons. The van der Waals surface area contributed by atoms with E-state index in [-0.39, 0.29) is 18.2 Å². The smallest absolute Gasteiger partial charge is 0.239 e. The summed E-state index contributed by atoms with van der Waals surface area (Å²) in [4.78, 5) is 12.2. The first-order chi connectivity index (χ1) is 14.9. The highest BCUT2D eigenvalue weighted by Crippen LogP contribution is 2.19. The number of hydrogen-bond acceptors (Lipinski definition) is 4. The van der Waals surface area contributed by atoms with Crippen LogP contribution in [0, 0.1) is 5.82 Å². The van der Waals surface area contributed by atoms with Crippen LogP contribution in [0.15, 0.2) is 78.9 Å². The second-order valence-corrected chi connectivity index (χ2v) is 9.36. The third-order valence-corrected chi connectivity index (χ3v) is 6.16. The number of amides is 1. The predicted octanol–water partition coefficient (Wildman–Crippen LogP) is 4.39. The SMILES string of the molecule is O=C(CS(=O)(=O)CCCc1ccccc1)Nc1cccc(OCc2ccc(F)cc2)c1. The number of carbonyl (C=O) groups is 1. The summed E-state index contributed by atoms with van der Waals surface area (Å²) in [6.45, 7) is 0.244. The number of sulfone groups is 1. The summed E-state index contributed by atoms with van der Waals surface area (Å²) >= 11 is 0. The molecule has 0 bridgehead atoms. The molecule has 0 unspecified atom stereocenters. The average Bonchev–Trinajstić information content (AvgIpc) is 2.74. The summed E-state index contributed by atoms with van der Waals surface area (Å²) in [6.07, 6.45) is 1.11. The zero-order valence-electron chi connectivity index (χ0n) is 17.0. The number of carbonyl (C=O) groups excluding carboxylic acids is 1. The van der Waals surface area contributed by atoms with Crippen LogP contribution < -0.4 is 10.1 Å². The maximum Gasteiger partial charge on any atom is 0.239 e. The normalized spacial score (nSPS) is 11.1. The molecule has 1 amide bonds. The van der Waals surface area contributed by atoms with Crippen molar-refractivity contribution in [2.24, 2.45) is 0 Å². The fourth-order valence-corrected chi connectivity index (χ4v) is 4.22. The molecule has 0 atom stereocenters. The minimum absolute atomic E-state index is 0.0455. The fourth-order valence-electron chi connectivity index (χ4n) is 3.02. The van der Waals surface area contributed by atoms with E-state index in [1.54, 1.807) is 36.4 Å². The van der Waals surface area contributed by atoms with E-state index in [1.165, 1.54) is 12.1 Å². The van der Waals surface area contributed by atoms with Crippen molar-refractivity contribution >= 4 is 21.4 Å². The Hall–Kier alpha value is -3.19. The topological polar surface area (TPSA) is 72.5 Å². The molecule has 0 spiro atoms. The number of nitrogens with one attached hydrogen (secondary N) is 1. The van der Waals surface area contributed by atoms with E-state index in [1.807, 2.05) is 30.3 Å². The molecule has 3 aromatic rings. The van der Waals surface area contributed by atoms with Crippen LogP contribution in [0.5, 0.6) is 5.75 Å². The lowest BCUT2D eigenvalue weighted by Crippen LogP contribution is -2.24. The van der Waals surface area contributed by atoms with E-state index in [2.05, 4.69) is 5.32 Å². The second-order valence-electron chi connectivity index (χ2n) is 7.17. The molecule has 0 aliphatic heterocycles. The van der Waals surface area contributed by atoms with Gasteiger partial charge in [0.05, 0.1) is 5.75 Å². The van der Waals surface area contributed by atoms with Crippen molar-refractivity contribution in [3.05, 3.63) is 95.8 Å². The van der Waals surface area contributed by atoms with Gasteiger partial charge in [-0.2, -0.15) is 0 Å². The maximum atomic E-state index is 13.0. The minimum atomic E-state index is -3.50. The van der Waals surface area contributed by atoms with Crippen molar-refractivity contribution in [3.8, 4) is 5.75 Å². The van der Waals surface area contributed by atoms with E-state index in [4.69, 9.17) is 4.74 Å². The van der Waals surface area contributed by atoms with Crippen molar-refractivity contribution in [2.75, 3.05) is 16.8 Å². The third kappa shape index (κ3) is 7.86. The third-order valence-electron chi connectivity index (χ3n) is 4.55. The largest absolute Gasteiger partial charge is 0.489 e. The summed E-state index contributed by atoms with van der Waals surface area (Å²) < 4.78 is 43.1. The van der Waals surface area contributed by atoms with E-state index in [0.29, 0.717) is 24.3 Å². The van der Waals surface area contributed by atoms with Gasteiger partial charge in [0.15, 0.2) is 9.84 Å². The van der Waals surface area contributed by atoms with Crippen LogP contribution in [0.25, 0.3) is 0 Å². The summed E-state index contributed by atoms with van der Waals surface area (Å²) in [6, 6.07) is 22.3. The molecular formula is C24H24FNO4S. The second kappa shape index (κ2) is 10.7. The number of halogens is 1. The Morgan fingerprint density at radius 2 is 1.65 bits per heavy atom. The van der Waals surface area contributed by atoms with Crippen LogP contribution in [0.4, 0.5) is 10.1 Å². The number of anilines is 1. The first kappa shape index (κ1) is 22.5. The lowest BCUT2D eigenvalue weighted by atomic mass is 10.1. The van der Waals surface area contributed by atoms with Gasteiger partial charge < -0.3 is 10.1 Å². The molecule has 7 heteroatoms. The van der Waals surface area contributed by atoms with Gasteiger partial charge in [0, 0.05) is 11.8 Å². The van der Waals surface area contributed by atoms with Crippen molar-refractivity contribution in [1.29, 1.82) is 0 Å². The molecule has 5 nitrogen and oxygen atoms in total. The molecule has 0 aliphatic carbocycles. The minimum Gasteiger partial charge on any atom is -0.489 e. The van der Waals surface area contributed by atoms with E-state index >= 15 is 0 Å². The summed E-state index contributed by atoms with van der Waals surface area (Å²) in [7, 11) is -3.50. The maximum absolute atomic E-state index is 13.0. The van der Waals surface area contributed by atoms with E-state index < -0.39 is 21.5 Å². The number of ether oxygens (including phenoxy) is 1. The molecular weight excluding hydrogens is 417 g/mol. The van der Waals surface area contributed by atoms with Gasteiger partial charge in [0.2, 0.25) is 5.91 Å². The molecule has 3 aromatic carbocycles. The molecule has 162 valence electrons. The quantitative estimate of drug-likeness (QED) is 0.506. The fraction of sp³-hybridized carbons (Fsp3) is 0.208. The van der Waals surface area contributed by atoms with Gasteiger partial charge in [-0.1, -0.05) is 48.5 Å². The Bertz CT molecular complexity index is 1100. The standard InChI is InChI=1S/C24H24FNO4S/c25-21-13-11-20(12-14-21)17-30-23-10-4-9-22(16-23)26-24(27)18-31(28,29)15-5-8-19-6-2-1-3-7-19/h1-4,6-7,9-14,16H,5,8,15,17-18H2,(H,26,27). The van der Waals surface area contributed by atoms with E-state index in [9.17, 15) is 17.6 Å². The first-order valence-electron chi connectivity index (χ1n) is 9.91. The molecule has 0 aromatic heterocycles. The van der Waals surface area contributed by atoms with Crippen molar-refractivity contribution < 1.29 is 22.3 Å².